The summed E-state index contributed by atoms with van der Waals surface area (Å²) in [6.07, 6.45) is 1.88. The Kier molecular flexibility index (Phi) is 5.07. The van der Waals surface area contributed by atoms with Crippen molar-refractivity contribution in [3.8, 4) is 0 Å². The molecule has 0 amide bonds. The predicted molar refractivity (Wildman–Crippen MR) is 59.9 cm³/mol. The van der Waals surface area contributed by atoms with Crippen molar-refractivity contribution in [3.05, 3.63) is 23.9 Å². The summed E-state index contributed by atoms with van der Waals surface area (Å²) in [6, 6.07) is 3.92. The second-order valence-corrected chi connectivity index (χ2v) is 3.38. The van der Waals surface area contributed by atoms with Crippen LogP contribution in [0.5, 0.6) is 0 Å². The van der Waals surface area contributed by atoms with Crippen molar-refractivity contribution in [1.82, 2.24) is 4.98 Å². The van der Waals surface area contributed by atoms with Gasteiger partial charge < -0.3 is 14.8 Å². The second-order valence-electron chi connectivity index (χ2n) is 3.38. The molecule has 0 radical (unpaired) electrons. The van der Waals surface area contributed by atoms with Crippen molar-refractivity contribution < 1.29 is 9.47 Å². The van der Waals surface area contributed by atoms with Crippen LogP contribution in [0.1, 0.15) is 12.5 Å². The average molecular weight is 210 g/mol. The van der Waals surface area contributed by atoms with Crippen LogP contribution < -0.4 is 5.32 Å². The number of nitrogens with zero attached hydrogens (tertiary/aromatic N) is 1. The Labute approximate surface area is 90.6 Å². The molecule has 1 aromatic heterocycles. The number of nitrogens with one attached hydrogen (secondary N) is 1. The Morgan fingerprint density at radius 3 is 3.00 bits per heavy atom. The molecular formula is C11H18N2O2. The van der Waals surface area contributed by atoms with Gasteiger partial charge in [-0.25, -0.2) is 4.98 Å². The van der Waals surface area contributed by atoms with Crippen LogP contribution in [-0.4, -0.2) is 31.9 Å². The summed E-state index contributed by atoms with van der Waals surface area (Å²) in [5.74, 6) is 0.857. The van der Waals surface area contributed by atoms with Crippen LogP contribution in [0, 0.1) is 0 Å². The largest absolute Gasteiger partial charge is 0.382 e. The summed E-state index contributed by atoms with van der Waals surface area (Å²) in [6.45, 7) is 3.19. The molecule has 0 bridgehead atoms. The minimum atomic E-state index is 0.112. The number of hydrogen-bond donors (Lipinski definition) is 1. The van der Waals surface area contributed by atoms with Crippen LogP contribution in [0.4, 0.5) is 5.82 Å². The van der Waals surface area contributed by atoms with E-state index in [0.717, 1.165) is 11.4 Å². The molecule has 0 aromatic carbocycles. The molecule has 4 nitrogen and oxygen atoms in total. The third kappa shape index (κ3) is 4.27. The fourth-order valence-electron chi connectivity index (χ4n) is 1.22. The summed E-state index contributed by atoms with van der Waals surface area (Å²) in [7, 11) is 3.52. The molecule has 0 aliphatic carbocycles. The van der Waals surface area contributed by atoms with Gasteiger partial charge in [0.15, 0.2) is 0 Å². The zero-order chi connectivity index (χ0) is 11.1. The van der Waals surface area contributed by atoms with E-state index >= 15 is 0 Å². The molecule has 0 saturated heterocycles. The normalized spacial score (nSPS) is 12.5. The van der Waals surface area contributed by atoms with Gasteiger partial charge in [-0.2, -0.15) is 0 Å². The molecule has 1 N–H and O–H groups in total. The first kappa shape index (κ1) is 11.9. The van der Waals surface area contributed by atoms with Crippen LogP contribution in [0.15, 0.2) is 18.3 Å². The summed E-state index contributed by atoms with van der Waals surface area (Å²) in [5, 5.41) is 2.99. The molecule has 84 valence electrons. The highest BCUT2D eigenvalue weighted by Crippen LogP contribution is 2.08. The fourth-order valence-corrected chi connectivity index (χ4v) is 1.22. The van der Waals surface area contributed by atoms with Gasteiger partial charge in [0.05, 0.1) is 19.3 Å². The number of methoxy groups -OCH3 is 1. The molecule has 1 aromatic rings. The van der Waals surface area contributed by atoms with Gasteiger partial charge in [0.25, 0.3) is 0 Å². The van der Waals surface area contributed by atoms with E-state index in [-0.39, 0.29) is 6.10 Å². The molecule has 1 rings (SSSR count). The van der Waals surface area contributed by atoms with E-state index in [1.54, 1.807) is 13.3 Å². The van der Waals surface area contributed by atoms with E-state index in [4.69, 9.17) is 9.47 Å². The Bertz CT molecular complexity index is 292. The van der Waals surface area contributed by atoms with E-state index < -0.39 is 0 Å². The topological polar surface area (TPSA) is 43.4 Å². The van der Waals surface area contributed by atoms with Gasteiger partial charge in [-0.05, 0) is 24.6 Å². The van der Waals surface area contributed by atoms with Crippen molar-refractivity contribution in [2.75, 3.05) is 26.1 Å². The Morgan fingerprint density at radius 2 is 2.33 bits per heavy atom. The van der Waals surface area contributed by atoms with Gasteiger partial charge in [-0.3, -0.25) is 0 Å². The summed E-state index contributed by atoms with van der Waals surface area (Å²) < 4.78 is 10.6. The van der Waals surface area contributed by atoms with E-state index in [0.29, 0.717) is 13.2 Å². The molecule has 1 unspecified atom stereocenters. The van der Waals surface area contributed by atoms with Gasteiger partial charge in [-0.15, -0.1) is 0 Å². The monoisotopic (exact) mass is 210 g/mol. The minimum absolute atomic E-state index is 0.112. The predicted octanol–water partition coefficient (Wildman–Crippen LogP) is 1.67. The van der Waals surface area contributed by atoms with Crippen molar-refractivity contribution in [3.63, 3.8) is 0 Å². The van der Waals surface area contributed by atoms with Gasteiger partial charge in [-0.1, -0.05) is 0 Å². The molecule has 0 aliphatic heterocycles. The first-order valence-electron chi connectivity index (χ1n) is 4.99. The molecule has 1 heterocycles. The molecular weight excluding hydrogens is 192 g/mol. The lowest BCUT2D eigenvalue weighted by Crippen LogP contribution is -2.14. The van der Waals surface area contributed by atoms with Crippen LogP contribution in [0.25, 0.3) is 0 Å². The molecule has 0 fully saturated rings. The van der Waals surface area contributed by atoms with Crippen molar-refractivity contribution in [2.45, 2.75) is 19.6 Å². The first-order valence-corrected chi connectivity index (χ1v) is 4.99. The van der Waals surface area contributed by atoms with E-state index in [9.17, 15) is 0 Å². The van der Waals surface area contributed by atoms with E-state index in [1.165, 1.54) is 0 Å². The van der Waals surface area contributed by atoms with Crippen LogP contribution in [-0.2, 0) is 16.1 Å². The maximum Gasteiger partial charge on any atom is 0.125 e. The van der Waals surface area contributed by atoms with Gasteiger partial charge in [0.2, 0.25) is 0 Å². The Hall–Kier alpha value is -1.13. The van der Waals surface area contributed by atoms with Gasteiger partial charge >= 0.3 is 0 Å². The van der Waals surface area contributed by atoms with Gasteiger partial charge in [0, 0.05) is 20.4 Å². The lowest BCUT2D eigenvalue weighted by atomic mass is 10.3. The highest BCUT2D eigenvalue weighted by atomic mass is 16.5. The quantitative estimate of drug-likeness (QED) is 0.775. The first-order chi connectivity index (χ1) is 7.26. The number of pyridine rings is 1. The van der Waals surface area contributed by atoms with E-state index in [2.05, 4.69) is 10.3 Å². The number of rotatable bonds is 6. The Balaban J connectivity index is 2.43. The van der Waals surface area contributed by atoms with Crippen molar-refractivity contribution in [2.24, 2.45) is 0 Å². The molecule has 0 aliphatic rings. The maximum absolute atomic E-state index is 5.59. The van der Waals surface area contributed by atoms with Crippen LogP contribution >= 0.6 is 0 Å². The smallest absolute Gasteiger partial charge is 0.125 e. The van der Waals surface area contributed by atoms with Crippen molar-refractivity contribution >= 4 is 5.82 Å². The van der Waals surface area contributed by atoms with E-state index in [1.807, 2.05) is 26.1 Å². The fraction of sp³-hybridized carbons (Fsp3) is 0.545. The summed E-state index contributed by atoms with van der Waals surface area (Å²) in [4.78, 5) is 4.13. The summed E-state index contributed by atoms with van der Waals surface area (Å²) >= 11 is 0. The van der Waals surface area contributed by atoms with Crippen molar-refractivity contribution in [1.29, 1.82) is 0 Å². The average Bonchev–Trinajstić information content (AvgIpc) is 2.27. The lowest BCUT2D eigenvalue weighted by molar-refractivity contribution is -0.000130. The molecule has 0 saturated carbocycles. The van der Waals surface area contributed by atoms with Crippen LogP contribution in [0.3, 0.4) is 0 Å². The number of hydrogen-bond acceptors (Lipinski definition) is 4. The summed E-state index contributed by atoms with van der Waals surface area (Å²) in [5.41, 5.74) is 1.11. The zero-order valence-electron chi connectivity index (χ0n) is 9.49. The second kappa shape index (κ2) is 6.37. The Morgan fingerprint density at radius 1 is 1.53 bits per heavy atom. The molecule has 0 spiro atoms. The highest BCUT2D eigenvalue weighted by Gasteiger charge is 2.02. The third-order valence-electron chi connectivity index (χ3n) is 2.02. The number of anilines is 1. The molecule has 15 heavy (non-hydrogen) atoms. The standard InChI is InChI=1S/C11H18N2O2/c1-9(7-14-3)15-8-10-4-5-13-11(6-10)12-2/h4-6,9H,7-8H2,1-3H3,(H,12,13). The zero-order valence-corrected chi connectivity index (χ0v) is 9.49. The minimum Gasteiger partial charge on any atom is -0.382 e. The maximum atomic E-state index is 5.59. The van der Waals surface area contributed by atoms with Gasteiger partial charge in [0.1, 0.15) is 5.82 Å². The SMILES string of the molecule is CNc1cc(COC(C)COC)ccn1. The number of aromatic nitrogens is 1. The third-order valence-corrected chi connectivity index (χ3v) is 2.02. The number of ether oxygens (including phenoxy) is 2. The molecule has 4 heteroatoms. The highest BCUT2D eigenvalue weighted by molar-refractivity contribution is 5.36. The lowest BCUT2D eigenvalue weighted by Gasteiger charge is -2.12. The van der Waals surface area contributed by atoms with Crippen LogP contribution in [0.2, 0.25) is 0 Å². The molecule has 1 atom stereocenters.